The van der Waals surface area contributed by atoms with Crippen LogP contribution in [0.5, 0.6) is 17.2 Å². The topological polar surface area (TPSA) is 85.2 Å². The van der Waals surface area contributed by atoms with E-state index < -0.39 is 18.2 Å². The molecule has 1 aromatic carbocycles. The number of rotatable bonds is 6. The van der Waals surface area contributed by atoms with E-state index in [4.69, 9.17) is 19.3 Å². The van der Waals surface area contributed by atoms with Gasteiger partial charge in [-0.05, 0) is 6.07 Å². The normalized spacial score (nSPS) is 13.5. The van der Waals surface area contributed by atoms with Crippen LogP contribution in [0, 0.1) is 0 Å². The maximum atomic E-state index is 13.4. The maximum Gasteiger partial charge on any atom is 0.341 e. The van der Waals surface area contributed by atoms with Gasteiger partial charge < -0.3 is 24.4 Å². The molecule has 0 saturated carbocycles. The van der Waals surface area contributed by atoms with Gasteiger partial charge in [0.25, 0.3) is 0 Å². The highest BCUT2D eigenvalue weighted by Gasteiger charge is 2.30. The van der Waals surface area contributed by atoms with Crippen LogP contribution in [0.2, 0.25) is 0 Å². The number of ether oxygens (including phenoxy) is 3. The van der Waals surface area contributed by atoms with Crippen molar-refractivity contribution >= 4 is 5.97 Å². The average Bonchev–Trinajstić information content (AvgIpc) is 2.43. The first kappa shape index (κ1) is 15.0. The van der Waals surface area contributed by atoms with Crippen molar-refractivity contribution in [1.29, 1.82) is 0 Å². The molecule has 2 N–H and O–H groups in total. The van der Waals surface area contributed by atoms with Gasteiger partial charge in [-0.3, -0.25) is 0 Å². The van der Waals surface area contributed by atoms with Crippen molar-refractivity contribution < 1.29 is 33.6 Å². The zero-order valence-electron chi connectivity index (χ0n) is 10.7. The number of alkyl halides is 1. The van der Waals surface area contributed by atoms with Crippen molar-refractivity contribution in [3.05, 3.63) is 17.7 Å². The van der Waals surface area contributed by atoms with Crippen LogP contribution >= 0.6 is 0 Å². The molecule has 2 atom stereocenters. The highest BCUT2D eigenvalue weighted by molar-refractivity contribution is 5.73. The summed E-state index contributed by atoms with van der Waals surface area (Å²) in [5, 5.41) is 18.3. The summed E-state index contributed by atoms with van der Waals surface area (Å²) in [5.41, 5.74) is -0.0324. The number of aliphatic hydroxyl groups excluding tert-OH is 1. The molecule has 0 aliphatic rings. The van der Waals surface area contributed by atoms with Crippen molar-refractivity contribution in [3.8, 4) is 17.2 Å². The number of hydrogen-bond acceptors (Lipinski definition) is 5. The maximum absolute atomic E-state index is 13.4. The van der Waals surface area contributed by atoms with E-state index in [1.165, 1.54) is 33.5 Å². The lowest BCUT2D eigenvalue weighted by molar-refractivity contribution is -0.147. The predicted octanol–water partition coefficient (Wildman–Crippen LogP) is 1.17. The van der Waals surface area contributed by atoms with Gasteiger partial charge in [-0.15, -0.1) is 0 Å². The summed E-state index contributed by atoms with van der Waals surface area (Å²) in [7, 11) is 4.08. The molecule has 1 aromatic rings. The summed E-state index contributed by atoms with van der Waals surface area (Å²) in [6.45, 7) is 0. The summed E-state index contributed by atoms with van der Waals surface area (Å²) >= 11 is 0. The second-order valence-corrected chi connectivity index (χ2v) is 3.63. The lowest BCUT2D eigenvalue weighted by Gasteiger charge is -2.18. The molecule has 0 spiro atoms. The molecular weight excluding hydrogens is 259 g/mol. The molecule has 0 fully saturated rings. The summed E-state index contributed by atoms with van der Waals surface area (Å²) < 4.78 is 28.4. The van der Waals surface area contributed by atoms with Crippen LogP contribution in [0.15, 0.2) is 12.1 Å². The van der Waals surface area contributed by atoms with Crippen LogP contribution < -0.4 is 14.2 Å². The van der Waals surface area contributed by atoms with Gasteiger partial charge in [0, 0.05) is 11.6 Å². The Hall–Kier alpha value is -2.02. The summed E-state index contributed by atoms with van der Waals surface area (Å²) in [6, 6.07) is 2.66. The number of aliphatic carboxylic acids is 1. The minimum atomic E-state index is -2.47. The fourth-order valence-corrected chi connectivity index (χ4v) is 1.58. The Labute approximate surface area is 109 Å². The molecule has 1 rings (SSSR count). The van der Waals surface area contributed by atoms with E-state index >= 15 is 0 Å². The molecule has 0 amide bonds. The first-order valence-corrected chi connectivity index (χ1v) is 5.31. The number of carboxylic acids is 1. The molecule has 0 aliphatic carbocycles. The van der Waals surface area contributed by atoms with Crippen LogP contribution in [-0.2, 0) is 4.79 Å². The van der Waals surface area contributed by atoms with Gasteiger partial charge >= 0.3 is 5.97 Å². The molecule has 0 heterocycles. The molecule has 19 heavy (non-hydrogen) atoms. The fourth-order valence-electron chi connectivity index (χ4n) is 1.58. The van der Waals surface area contributed by atoms with Gasteiger partial charge in [-0.1, -0.05) is 0 Å². The number of aliphatic hydroxyl groups is 1. The highest BCUT2D eigenvalue weighted by Crippen LogP contribution is 2.38. The van der Waals surface area contributed by atoms with Gasteiger partial charge in [0.1, 0.15) is 11.9 Å². The first-order valence-electron chi connectivity index (χ1n) is 5.31. The third kappa shape index (κ3) is 3.05. The average molecular weight is 274 g/mol. The Kier molecular flexibility index (Phi) is 4.94. The minimum Gasteiger partial charge on any atom is -0.496 e. The molecule has 6 nitrogen and oxygen atoms in total. The van der Waals surface area contributed by atoms with Crippen LogP contribution in [0.25, 0.3) is 0 Å². The number of carbonyl (C=O) groups is 1. The van der Waals surface area contributed by atoms with E-state index in [0.717, 1.165) is 0 Å². The molecule has 7 heteroatoms. The van der Waals surface area contributed by atoms with Gasteiger partial charge in [-0.25, -0.2) is 9.18 Å². The second kappa shape index (κ2) is 6.24. The third-order valence-electron chi connectivity index (χ3n) is 2.57. The Morgan fingerprint density at radius 3 is 2.00 bits per heavy atom. The Morgan fingerprint density at radius 2 is 1.58 bits per heavy atom. The lowest BCUT2D eigenvalue weighted by atomic mass is 10.0. The van der Waals surface area contributed by atoms with Crippen molar-refractivity contribution in [3.63, 3.8) is 0 Å². The van der Waals surface area contributed by atoms with Crippen LogP contribution in [0.4, 0.5) is 4.39 Å². The molecule has 0 bridgehead atoms. The molecule has 0 radical (unpaired) electrons. The lowest BCUT2D eigenvalue weighted by Crippen LogP contribution is -2.23. The molecule has 0 saturated heterocycles. The van der Waals surface area contributed by atoms with Crippen molar-refractivity contribution in [2.24, 2.45) is 0 Å². The van der Waals surface area contributed by atoms with Gasteiger partial charge in [-0.2, -0.15) is 0 Å². The Balaban J connectivity index is 3.29. The Bertz CT molecular complexity index is 462. The van der Waals surface area contributed by atoms with Crippen LogP contribution in [0.1, 0.15) is 11.7 Å². The van der Waals surface area contributed by atoms with Gasteiger partial charge in [0.05, 0.1) is 21.3 Å². The van der Waals surface area contributed by atoms with E-state index in [-0.39, 0.29) is 17.1 Å². The summed E-state index contributed by atoms with van der Waals surface area (Å²) in [5.74, 6) is -1.10. The second-order valence-electron chi connectivity index (χ2n) is 3.63. The van der Waals surface area contributed by atoms with Crippen molar-refractivity contribution in [2.75, 3.05) is 21.3 Å². The highest BCUT2D eigenvalue weighted by atomic mass is 19.1. The molecule has 0 aliphatic heterocycles. The largest absolute Gasteiger partial charge is 0.496 e. The standard InChI is InChI=1S/C12H15FO6/c1-17-7-5-9(19-3)8(18-2)4-6(7)11(14)10(13)12(15)16/h4-5,10-11,14H,1-3H3,(H,15,16). The van der Waals surface area contributed by atoms with Crippen LogP contribution in [0.3, 0.4) is 0 Å². The third-order valence-corrected chi connectivity index (χ3v) is 2.57. The smallest absolute Gasteiger partial charge is 0.341 e. The van der Waals surface area contributed by atoms with Gasteiger partial charge in [0.2, 0.25) is 6.17 Å². The Morgan fingerprint density at radius 1 is 1.11 bits per heavy atom. The van der Waals surface area contributed by atoms with Crippen LogP contribution in [-0.4, -0.2) is 43.7 Å². The zero-order chi connectivity index (χ0) is 14.6. The number of benzene rings is 1. The van der Waals surface area contributed by atoms with E-state index in [0.29, 0.717) is 5.75 Å². The quantitative estimate of drug-likeness (QED) is 0.810. The van der Waals surface area contributed by atoms with E-state index in [1.54, 1.807) is 0 Å². The molecular formula is C12H15FO6. The van der Waals surface area contributed by atoms with Crippen molar-refractivity contribution in [1.82, 2.24) is 0 Å². The zero-order valence-corrected chi connectivity index (χ0v) is 10.7. The predicted molar refractivity (Wildman–Crippen MR) is 63.6 cm³/mol. The number of hydrogen-bond donors (Lipinski definition) is 2. The van der Waals surface area contributed by atoms with E-state index in [9.17, 15) is 14.3 Å². The summed E-state index contributed by atoms with van der Waals surface area (Å²) in [6.07, 6.45) is -4.33. The minimum absolute atomic E-state index is 0.0324. The van der Waals surface area contributed by atoms with E-state index in [2.05, 4.69) is 0 Å². The fraction of sp³-hybridized carbons (Fsp3) is 0.417. The number of halogens is 1. The monoisotopic (exact) mass is 274 g/mol. The SMILES string of the molecule is COc1cc(OC)c(C(O)C(F)C(=O)O)cc1OC. The molecule has 2 unspecified atom stereocenters. The molecule has 0 aromatic heterocycles. The number of carboxylic acid groups (broad SMARTS) is 1. The first-order chi connectivity index (χ1) is 8.96. The van der Waals surface area contributed by atoms with Gasteiger partial charge in [0.15, 0.2) is 11.5 Å². The van der Waals surface area contributed by atoms with Crippen molar-refractivity contribution in [2.45, 2.75) is 12.3 Å². The summed E-state index contributed by atoms with van der Waals surface area (Å²) in [4.78, 5) is 10.6. The number of methoxy groups -OCH3 is 3. The van der Waals surface area contributed by atoms with E-state index in [1.807, 2.05) is 0 Å². The molecule has 106 valence electrons.